The van der Waals surface area contributed by atoms with Crippen LogP contribution in [0.5, 0.6) is 0 Å². The highest BCUT2D eigenvalue weighted by atomic mass is 32.2. The Bertz CT molecular complexity index is 1160. The quantitative estimate of drug-likeness (QED) is 0.476. The van der Waals surface area contributed by atoms with Gasteiger partial charge in [-0.25, -0.2) is 4.40 Å². The Hall–Kier alpha value is -2.67. The van der Waals surface area contributed by atoms with Gasteiger partial charge in [0.2, 0.25) is 0 Å². The molecule has 1 aliphatic heterocycles. The van der Waals surface area contributed by atoms with Gasteiger partial charge in [0.15, 0.2) is 0 Å². The summed E-state index contributed by atoms with van der Waals surface area (Å²) in [7, 11) is 0. The molecule has 0 aliphatic carbocycles. The van der Waals surface area contributed by atoms with Crippen LogP contribution in [0.2, 0.25) is 0 Å². The molecular formula is C20H18FN5S. The third-order valence-electron chi connectivity index (χ3n) is 5.11. The van der Waals surface area contributed by atoms with Gasteiger partial charge in [0.25, 0.3) is 5.78 Å². The fraction of sp³-hybridized carbons (Fsp3) is 0.250. The van der Waals surface area contributed by atoms with Crippen LogP contribution in [0.3, 0.4) is 0 Å². The van der Waals surface area contributed by atoms with Gasteiger partial charge in [0, 0.05) is 22.5 Å². The first kappa shape index (κ1) is 16.5. The number of thioether (sulfide) groups is 1. The maximum absolute atomic E-state index is 14.3. The highest BCUT2D eigenvalue weighted by Crippen LogP contribution is 2.36. The topological polar surface area (TPSA) is 46.3 Å². The summed E-state index contributed by atoms with van der Waals surface area (Å²) in [4.78, 5) is 8.02. The van der Waals surface area contributed by atoms with E-state index in [-0.39, 0.29) is 5.78 Å². The van der Waals surface area contributed by atoms with E-state index in [9.17, 15) is 4.39 Å². The van der Waals surface area contributed by atoms with Crippen molar-refractivity contribution < 1.29 is 4.39 Å². The number of rotatable bonds is 2. The largest absolute Gasteiger partial charge is 0.325 e. The Morgan fingerprint density at radius 1 is 1.07 bits per heavy atom. The van der Waals surface area contributed by atoms with Crippen LogP contribution in [-0.2, 0) is 6.42 Å². The van der Waals surface area contributed by atoms with Crippen LogP contribution in [0.4, 0.5) is 15.9 Å². The molecule has 0 unspecified atom stereocenters. The third kappa shape index (κ3) is 2.65. The molecule has 0 bridgehead atoms. The summed E-state index contributed by atoms with van der Waals surface area (Å²) in [6.45, 7) is 0.871. The lowest BCUT2D eigenvalue weighted by atomic mass is 10.1. The summed E-state index contributed by atoms with van der Waals surface area (Å²) >= 11 is 1.62. The number of fused-ring (bicyclic) bond motifs is 4. The number of aromatic nitrogens is 4. The second-order valence-electron chi connectivity index (χ2n) is 6.66. The Kier molecular flexibility index (Phi) is 3.97. The summed E-state index contributed by atoms with van der Waals surface area (Å²) in [5.41, 5.74) is 3.23. The van der Waals surface area contributed by atoms with Crippen LogP contribution in [0.25, 0.3) is 16.7 Å². The summed E-state index contributed by atoms with van der Waals surface area (Å²) in [5, 5.41) is 8.46. The van der Waals surface area contributed by atoms with Crippen molar-refractivity contribution in [1.82, 2.24) is 19.6 Å². The lowest BCUT2D eigenvalue weighted by molar-refractivity contribution is 0.531. The molecule has 0 saturated heterocycles. The molecule has 5 rings (SSSR count). The van der Waals surface area contributed by atoms with Crippen molar-refractivity contribution in [3.63, 3.8) is 0 Å². The highest BCUT2D eigenvalue weighted by Gasteiger charge is 2.22. The van der Waals surface area contributed by atoms with Crippen molar-refractivity contribution in [1.29, 1.82) is 0 Å². The molecule has 2 aromatic carbocycles. The molecule has 7 heteroatoms. The van der Waals surface area contributed by atoms with Gasteiger partial charge >= 0.3 is 6.08 Å². The minimum atomic E-state index is -0.636. The SMILES string of the molecule is CSc1ccc2c(N3CCCCc4ccccc43)nc3nnc(F)n3c2c1. The Morgan fingerprint density at radius 2 is 1.96 bits per heavy atom. The van der Waals surface area contributed by atoms with E-state index in [1.54, 1.807) is 11.8 Å². The van der Waals surface area contributed by atoms with Gasteiger partial charge in [-0.3, -0.25) is 0 Å². The Labute approximate surface area is 160 Å². The van der Waals surface area contributed by atoms with E-state index in [0.29, 0.717) is 0 Å². The van der Waals surface area contributed by atoms with Gasteiger partial charge in [0.05, 0.1) is 5.52 Å². The molecular weight excluding hydrogens is 361 g/mol. The molecule has 1 aliphatic rings. The first-order chi connectivity index (χ1) is 13.3. The molecule has 0 fully saturated rings. The number of hydrogen-bond donors (Lipinski definition) is 0. The predicted molar refractivity (Wildman–Crippen MR) is 106 cm³/mol. The van der Waals surface area contributed by atoms with Gasteiger partial charge < -0.3 is 4.90 Å². The summed E-state index contributed by atoms with van der Waals surface area (Å²) in [5.74, 6) is 1.10. The lowest BCUT2D eigenvalue weighted by Crippen LogP contribution is -2.20. The van der Waals surface area contributed by atoms with Crippen molar-refractivity contribution in [2.24, 2.45) is 0 Å². The smallest absolute Gasteiger partial charge is 0.315 e. The second-order valence-corrected chi connectivity index (χ2v) is 7.54. The van der Waals surface area contributed by atoms with E-state index in [0.717, 1.165) is 47.4 Å². The van der Waals surface area contributed by atoms with Gasteiger partial charge in [-0.15, -0.1) is 16.9 Å². The van der Waals surface area contributed by atoms with Crippen molar-refractivity contribution >= 4 is 39.9 Å². The van der Waals surface area contributed by atoms with Crippen molar-refractivity contribution in [3.05, 3.63) is 54.1 Å². The van der Waals surface area contributed by atoms with Crippen LogP contribution in [0.1, 0.15) is 18.4 Å². The molecule has 0 radical (unpaired) electrons. The van der Waals surface area contributed by atoms with Crippen molar-refractivity contribution in [2.75, 3.05) is 17.7 Å². The minimum absolute atomic E-state index is 0.287. The summed E-state index contributed by atoms with van der Waals surface area (Å²) in [6, 6.07) is 14.5. The van der Waals surface area contributed by atoms with E-state index in [1.165, 1.54) is 15.7 Å². The standard InChI is InChI=1S/C20H18FN5S/c1-27-14-9-10-15-17(12-14)26-19(21)23-24-20(26)22-18(15)25-11-5-4-7-13-6-2-3-8-16(13)25/h2-3,6,8-10,12H,4-5,7,11H2,1H3. The van der Waals surface area contributed by atoms with Gasteiger partial charge in [-0.05, 0) is 55.3 Å². The molecule has 5 nitrogen and oxygen atoms in total. The van der Waals surface area contributed by atoms with E-state index in [2.05, 4.69) is 45.4 Å². The fourth-order valence-electron chi connectivity index (χ4n) is 3.82. The Balaban J connectivity index is 1.83. The average Bonchev–Trinajstić information content (AvgIpc) is 2.95. The predicted octanol–water partition coefficient (Wildman–Crippen LogP) is 4.61. The van der Waals surface area contributed by atoms with Crippen LogP contribution in [0, 0.1) is 6.08 Å². The number of hydrogen-bond acceptors (Lipinski definition) is 5. The van der Waals surface area contributed by atoms with E-state index >= 15 is 0 Å². The van der Waals surface area contributed by atoms with E-state index in [1.807, 2.05) is 18.4 Å². The number of halogens is 1. The number of benzene rings is 2. The summed E-state index contributed by atoms with van der Waals surface area (Å²) < 4.78 is 15.7. The molecule has 2 aromatic heterocycles. The van der Waals surface area contributed by atoms with Crippen molar-refractivity contribution in [3.8, 4) is 0 Å². The molecule has 136 valence electrons. The molecule has 27 heavy (non-hydrogen) atoms. The van der Waals surface area contributed by atoms with Crippen molar-refractivity contribution in [2.45, 2.75) is 24.2 Å². The zero-order valence-corrected chi connectivity index (χ0v) is 15.7. The zero-order valence-electron chi connectivity index (χ0n) is 14.9. The van der Waals surface area contributed by atoms with E-state index in [4.69, 9.17) is 4.98 Å². The molecule has 0 N–H and O–H groups in total. The first-order valence-electron chi connectivity index (χ1n) is 9.00. The molecule has 0 amide bonds. The van der Waals surface area contributed by atoms with Crippen LogP contribution >= 0.6 is 11.8 Å². The molecule has 0 saturated carbocycles. The van der Waals surface area contributed by atoms with Crippen LogP contribution in [0.15, 0.2) is 47.4 Å². The zero-order chi connectivity index (χ0) is 18.4. The third-order valence-corrected chi connectivity index (χ3v) is 5.84. The normalized spacial score (nSPS) is 14.5. The molecule has 3 heterocycles. The number of anilines is 2. The minimum Gasteiger partial charge on any atom is -0.325 e. The maximum Gasteiger partial charge on any atom is 0.315 e. The monoisotopic (exact) mass is 379 g/mol. The number of para-hydroxylation sites is 1. The van der Waals surface area contributed by atoms with Crippen LogP contribution < -0.4 is 4.90 Å². The Morgan fingerprint density at radius 3 is 2.85 bits per heavy atom. The maximum atomic E-state index is 14.3. The van der Waals surface area contributed by atoms with Gasteiger partial charge in [-0.2, -0.15) is 9.37 Å². The molecule has 0 atom stereocenters. The van der Waals surface area contributed by atoms with Crippen LogP contribution in [-0.4, -0.2) is 32.4 Å². The number of nitrogens with zero attached hydrogens (tertiary/aromatic N) is 5. The number of aryl methyl sites for hydroxylation is 1. The highest BCUT2D eigenvalue weighted by molar-refractivity contribution is 7.98. The summed E-state index contributed by atoms with van der Waals surface area (Å²) in [6.07, 6.45) is 4.65. The first-order valence-corrected chi connectivity index (χ1v) is 10.2. The molecule has 0 spiro atoms. The average molecular weight is 379 g/mol. The second kappa shape index (κ2) is 6.49. The van der Waals surface area contributed by atoms with E-state index < -0.39 is 6.08 Å². The van der Waals surface area contributed by atoms with Gasteiger partial charge in [-0.1, -0.05) is 23.3 Å². The van der Waals surface area contributed by atoms with Gasteiger partial charge in [0.1, 0.15) is 5.82 Å². The fourth-order valence-corrected chi connectivity index (χ4v) is 4.26. The molecule has 4 aromatic rings. The lowest BCUT2D eigenvalue weighted by Gasteiger charge is -2.25.